The zero-order valence-electron chi connectivity index (χ0n) is 7.88. The van der Waals surface area contributed by atoms with E-state index in [-0.39, 0.29) is 14.9 Å². The summed E-state index contributed by atoms with van der Waals surface area (Å²) in [4.78, 5) is 0. The Kier molecular flexibility index (Phi) is 9.43. The van der Waals surface area contributed by atoms with E-state index in [1.54, 1.807) is 0 Å². The first-order valence-corrected chi connectivity index (χ1v) is 4.43. The quantitative estimate of drug-likeness (QED) is 0.503. The van der Waals surface area contributed by atoms with Gasteiger partial charge in [-0.05, 0) is 26.7 Å². The molecule has 0 aromatic heterocycles. The first-order valence-electron chi connectivity index (χ1n) is 4.43. The summed E-state index contributed by atoms with van der Waals surface area (Å²) in [5, 5.41) is 0. The third-order valence-corrected chi connectivity index (χ3v) is 1.91. The largest absolute Gasteiger partial charge is 0.0805 e. The van der Waals surface area contributed by atoms with Crippen LogP contribution in [0.2, 0.25) is 0 Å². The first kappa shape index (κ1) is 15.4. The molecule has 0 heteroatoms. The molecule has 0 nitrogen and oxygen atoms in total. The molecular formula is C14H24. The molecule has 0 radical (unpaired) electrons. The van der Waals surface area contributed by atoms with Gasteiger partial charge in [0, 0.05) is 0 Å². The van der Waals surface area contributed by atoms with E-state index >= 15 is 0 Å². The molecule has 80 valence electrons. The van der Waals surface area contributed by atoms with E-state index < -0.39 is 0 Å². The normalized spacial score (nSPS) is 15.9. The van der Waals surface area contributed by atoms with Crippen LogP contribution in [0.1, 0.15) is 41.5 Å². The molecule has 0 fully saturated rings. The molecule has 0 heterocycles. The minimum atomic E-state index is 0. The molecule has 0 unspecified atom stereocenters. The monoisotopic (exact) mass is 192 g/mol. The third-order valence-electron chi connectivity index (χ3n) is 1.91. The Labute approximate surface area is 89.7 Å². The maximum absolute atomic E-state index is 2.16. The van der Waals surface area contributed by atoms with Crippen molar-refractivity contribution in [1.82, 2.24) is 0 Å². The van der Waals surface area contributed by atoms with Gasteiger partial charge in [-0.3, -0.25) is 0 Å². The van der Waals surface area contributed by atoms with Gasteiger partial charge in [0.25, 0.3) is 0 Å². The summed E-state index contributed by atoms with van der Waals surface area (Å²) in [6.07, 6.45) is 15.1. The summed E-state index contributed by atoms with van der Waals surface area (Å²) < 4.78 is 0. The van der Waals surface area contributed by atoms with E-state index in [1.165, 1.54) is 24.0 Å². The van der Waals surface area contributed by atoms with Crippen LogP contribution in [-0.2, 0) is 0 Å². The Hall–Kier alpha value is -1.04. The summed E-state index contributed by atoms with van der Waals surface area (Å²) in [5.74, 6) is 0. The fourth-order valence-electron chi connectivity index (χ4n) is 1.11. The van der Waals surface area contributed by atoms with Crippen molar-refractivity contribution in [2.24, 2.45) is 0 Å². The maximum atomic E-state index is 2.16. The summed E-state index contributed by atoms with van der Waals surface area (Å²) in [6.45, 7) is 4.28. The number of allylic oxidation sites excluding steroid dienone is 8. The van der Waals surface area contributed by atoms with Gasteiger partial charge < -0.3 is 0 Å². The predicted molar refractivity (Wildman–Crippen MR) is 68.5 cm³/mol. The third kappa shape index (κ3) is 6.47. The van der Waals surface area contributed by atoms with Gasteiger partial charge in [-0.15, -0.1) is 0 Å². The fraction of sp³-hybridized carbons (Fsp3) is 0.429. The van der Waals surface area contributed by atoms with Crippen molar-refractivity contribution < 1.29 is 0 Å². The second kappa shape index (κ2) is 8.55. The standard InChI is InChI=1S/2C6H8.2CH4/c2*1-6-4-2-3-5-6;;/h2*2-4H,5H2,1H3;2*1H4. The van der Waals surface area contributed by atoms with Crippen LogP contribution < -0.4 is 0 Å². The molecule has 0 amide bonds. The van der Waals surface area contributed by atoms with Crippen LogP contribution in [0.5, 0.6) is 0 Å². The average Bonchev–Trinajstić information content (AvgIpc) is 2.63. The zero-order valence-corrected chi connectivity index (χ0v) is 7.88. The molecular weight excluding hydrogens is 168 g/mol. The Bertz CT molecular complexity index is 221. The lowest BCUT2D eigenvalue weighted by Crippen LogP contribution is -1.58. The predicted octanol–water partition coefficient (Wildman–Crippen LogP) is 5.06. The van der Waals surface area contributed by atoms with Gasteiger partial charge in [0.15, 0.2) is 0 Å². The average molecular weight is 192 g/mol. The number of hydrogen-bond donors (Lipinski definition) is 0. The van der Waals surface area contributed by atoms with Crippen molar-refractivity contribution in [3.05, 3.63) is 47.6 Å². The van der Waals surface area contributed by atoms with Crippen LogP contribution in [0.3, 0.4) is 0 Å². The van der Waals surface area contributed by atoms with Crippen LogP contribution in [0.25, 0.3) is 0 Å². The zero-order chi connectivity index (χ0) is 8.81. The van der Waals surface area contributed by atoms with E-state index in [4.69, 9.17) is 0 Å². The van der Waals surface area contributed by atoms with E-state index in [9.17, 15) is 0 Å². The van der Waals surface area contributed by atoms with Crippen molar-refractivity contribution >= 4 is 0 Å². The van der Waals surface area contributed by atoms with Gasteiger partial charge in [-0.2, -0.15) is 0 Å². The molecule has 0 bridgehead atoms. The summed E-state index contributed by atoms with van der Waals surface area (Å²) >= 11 is 0. The van der Waals surface area contributed by atoms with Crippen LogP contribution in [0.4, 0.5) is 0 Å². The fourth-order valence-corrected chi connectivity index (χ4v) is 1.11. The second-order valence-electron chi connectivity index (χ2n) is 3.29. The molecule has 0 atom stereocenters. The Morgan fingerprint density at radius 3 is 1.21 bits per heavy atom. The topological polar surface area (TPSA) is 0 Å². The lowest BCUT2D eigenvalue weighted by molar-refractivity contribution is 1.25. The Balaban J connectivity index is 0. The minimum Gasteiger partial charge on any atom is -0.0805 e. The van der Waals surface area contributed by atoms with Crippen molar-refractivity contribution in [2.75, 3.05) is 0 Å². The van der Waals surface area contributed by atoms with E-state index in [2.05, 4.69) is 50.3 Å². The Morgan fingerprint density at radius 2 is 1.14 bits per heavy atom. The van der Waals surface area contributed by atoms with Crippen molar-refractivity contribution in [3.8, 4) is 0 Å². The maximum Gasteiger partial charge on any atom is -0.0135 e. The van der Waals surface area contributed by atoms with Gasteiger partial charge in [-0.25, -0.2) is 0 Å². The summed E-state index contributed by atoms with van der Waals surface area (Å²) in [6, 6.07) is 0. The van der Waals surface area contributed by atoms with Crippen LogP contribution in [0.15, 0.2) is 47.6 Å². The van der Waals surface area contributed by atoms with Crippen LogP contribution in [0, 0.1) is 0 Å². The van der Waals surface area contributed by atoms with Crippen LogP contribution in [-0.4, -0.2) is 0 Å². The summed E-state index contributed by atoms with van der Waals surface area (Å²) in [5.41, 5.74) is 2.94. The highest BCUT2D eigenvalue weighted by molar-refractivity contribution is 5.21. The van der Waals surface area contributed by atoms with Gasteiger partial charge in [0.05, 0.1) is 0 Å². The molecule has 0 saturated carbocycles. The highest BCUT2D eigenvalue weighted by Gasteiger charge is 1.86. The highest BCUT2D eigenvalue weighted by Crippen LogP contribution is 2.07. The first-order chi connectivity index (χ1) is 5.79. The van der Waals surface area contributed by atoms with Gasteiger partial charge in [-0.1, -0.05) is 62.5 Å². The molecule has 0 N–H and O–H groups in total. The molecule has 2 rings (SSSR count). The van der Waals surface area contributed by atoms with E-state index in [0.29, 0.717) is 0 Å². The number of rotatable bonds is 0. The van der Waals surface area contributed by atoms with E-state index in [0.717, 1.165) is 0 Å². The van der Waals surface area contributed by atoms with Gasteiger partial charge >= 0.3 is 0 Å². The van der Waals surface area contributed by atoms with Gasteiger partial charge in [0.1, 0.15) is 0 Å². The SMILES string of the molecule is C.C.CC1=CC=CC1.CC1=CC=CC1. The second-order valence-corrected chi connectivity index (χ2v) is 3.29. The van der Waals surface area contributed by atoms with Crippen molar-refractivity contribution in [1.29, 1.82) is 0 Å². The molecule has 0 aliphatic heterocycles. The molecule has 0 aromatic carbocycles. The number of hydrogen-bond acceptors (Lipinski definition) is 0. The lowest BCUT2D eigenvalue weighted by atomic mass is 10.3. The molecule has 0 spiro atoms. The molecule has 14 heavy (non-hydrogen) atoms. The Morgan fingerprint density at radius 1 is 0.786 bits per heavy atom. The lowest BCUT2D eigenvalue weighted by Gasteiger charge is -1.78. The van der Waals surface area contributed by atoms with Crippen LogP contribution >= 0.6 is 0 Å². The smallest absolute Gasteiger partial charge is 0.0135 e. The van der Waals surface area contributed by atoms with Gasteiger partial charge in [0.2, 0.25) is 0 Å². The molecule has 2 aliphatic carbocycles. The summed E-state index contributed by atoms with van der Waals surface area (Å²) in [7, 11) is 0. The van der Waals surface area contributed by atoms with Crippen molar-refractivity contribution in [3.63, 3.8) is 0 Å². The molecule has 2 aliphatic rings. The molecule has 0 saturated heterocycles. The van der Waals surface area contributed by atoms with Crippen molar-refractivity contribution in [2.45, 2.75) is 41.5 Å². The minimum absolute atomic E-state index is 0. The molecule has 0 aromatic rings. The highest BCUT2D eigenvalue weighted by atomic mass is 13.9. The van der Waals surface area contributed by atoms with E-state index in [1.807, 2.05) is 0 Å².